The lowest BCUT2D eigenvalue weighted by Gasteiger charge is -2.32. The van der Waals surface area contributed by atoms with Crippen molar-refractivity contribution in [1.29, 1.82) is 0 Å². The van der Waals surface area contributed by atoms with Crippen molar-refractivity contribution in [2.75, 3.05) is 0 Å². The van der Waals surface area contributed by atoms with Gasteiger partial charge in [0.05, 0.1) is 11.2 Å². The monoisotopic (exact) mass is 284 g/mol. The molecule has 1 aromatic rings. The molecule has 3 heteroatoms. The first-order valence-electron chi connectivity index (χ1n) is 7.78. The summed E-state index contributed by atoms with van der Waals surface area (Å²) in [6, 6.07) is 6.47. The maximum absolute atomic E-state index is 6.21. The Morgan fingerprint density at radius 3 is 2.19 bits per heavy atom. The van der Waals surface area contributed by atoms with Gasteiger partial charge in [0.1, 0.15) is 0 Å². The highest BCUT2D eigenvalue weighted by Crippen LogP contribution is 2.38. The third-order valence-corrected chi connectivity index (χ3v) is 5.08. The molecule has 1 aliphatic heterocycles. The molecule has 0 atom stereocenters. The molecule has 0 unspecified atom stereocenters. The zero-order chi connectivity index (χ0) is 15.5. The van der Waals surface area contributed by atoms with Crippen LogP contribution >= 0.6 is 0 Å². The van der Waals surface area contributed by atoms with E-state index in [1.54, 1.807) is 0 Å². The second-order valence-corrected chi connectivity index (χ2v) is 8.01. The second kappa shape index (κ2) is 4.47. The minimum absolute atomic E-state index is 0.224. The SMILES string of the molecule is CC1(C)C=Cc2c(cccc2B2OC(C)(C)C(C)(C)O2)C1. The molecule has 0 bridgehead atoms. The summed E-state index contributed by atoms with van der Waals surface area (Å²) in [5.41, 5.74) is 3.44. The highest BCUT2D eigenvalue weighted by atomic mass is 16.7. The first-order valence-corrected chi connectivity index (χ1v) is 7.78. The van der Waals surface area contributed by atoms with E-state index in [9.17, 15) is 0 Å². The molecule has 0 aromatic heterocycles. The van der Waals surface area contributed by atoms with Crippen LogP contribution in [0.5, 0.6) is 0 Å². The van der Waals surface area contributed by atoms with Crippen LogP contribution in [0.1, 0.15) is 52.7 Å². The molecule has 0 N–H and O–H groups in total. The molecule has 0 amide bonds. The molecule has 1 fully saturated rings. The quantitative estimate of drug-likeness (QED) is 0.734. The fraction of sp³-hybridized carbons (Fsp3) is 0.556. The van der Waals surface area contributed by atoms with Gasteiger partial charge in [-0.05, 0) is 56.1 Å². The van der Waals surface area contributed by atoms with Gasteiger partial charge < -0.3 is 9.31 Å². The van der Waals surface area contributed by atoms with Gasteiger partial charge in [0.25, 0.3) is 0 Å². The number of hydrogen-bond acceptors (Lipinski definition) is 2. The Balaban J connectivity index is 2.00. The average molecular weight is 284 g/mol. The van der Waals surface area contributed by atoms with Gasteiger partial charge >= 0.3 is 7.12 Å². The van der Waals surface area contributed by atoms with Crippen LogP contribution in [-0.2, 0) is 15.7 Å². The van der Waals surface area contributed by atoms with Crippen molar-refractivity contribution in [2.45, 2.75) is 59.2 Å². The van der Waals surface area contributed by atoms with Gasteiger partial charge in [-0.25, -0.2) is 0 Å². The van der Waals surface area contributed by atoms with Gasteiger partial charge in [-0.2, -0.15) is 0 Å². The molecular formula is C18H25BO2. The molecule has 112 valence electrons. The Hall–Kier alpha value is -1.06. The maximum atomic E-state index is 6.21. The Labute approximate surface area is 128 Å². The lowest BCUT2D eigenvalue weighted by Crippen LogP contribution is -2.41. The molecule has 1 aliphatic carbocycles. The van der Waals surface area contributed by atoms with E-state index in [0.29, 0.717) is 0 Å². The van der Waals surface area contributed by atoms with Crippen molar-refractivity contribution in [3.8, 4) is 0 Å². The normalized spacial score (nSPS) is 25.0. The molecule has 1 aromatic carbocycles. The topological polar surface area (TPSA) is 18.5 Å². The molecule has 0 spiro atoms. The number of fused-ring (bicyclic) bond motifs is 1. The first kappa shape index (κ1) is 14.9. The first-order chi connectivity index (χ1) is 9.61. The predicted octanol–water partition coefficient (Wildman–Crippen LogP) is 3.58. The summed E-state index contributed by atoms with van der Waals surface area (Å²) in [5.74, 6) is 0. The third-order valence-electron chi connectivity index (χ3n) is 5.08. The van der Waals surface area contributed by atoms with Crippen LogP contribution in [-0.4, -0.2) is 18.3 Å². The smallest absolute Gasteiger partial charge is 0.399 e. The predicted molar refractivity (Wildman–Crippen MR) is 88.7 cm³/mol. The van der Waals surface area contributed by atoms with Crippen LogP contribution in [0.25, 0.3) is 6.08 Å². The van der Waals surface area contributed by atoms with E-state index in [4.69, 9.17) is 9.31 Å². The van der Waals surface area contributed by atoms with E-state index >= 15 is 0 Å². The van der Waals surface area contributed by atoms with Crippen LogP contribution in [0.3, 0.4) is 0 Å². The van der Waals surface area contributed by atoms with Gasteiger partial charge in [0, 0.05) is 0 Å². The second-order valence-electron chi connectivity index (χ2n) is 8.01. The molecule has 0 radical (unpaired) electrons. The number of allylic oxidation sites excluding steroid dienone is 1. The summed E-state index contributed by atoms with van der Waals surface area (Å²) in [7, 11) is -0.282. The highest BCUT2D eigenvalue weighted by molar-refractivity contribution is 6.63. The molecule has 21 heavy (non-hydrogen) atoms. The van der Waals surface area contributed by atoms with Crippen molar-refractivity contribution < 1.29 is 9.31 Å². The Morgan fingerprint density at radius 2 is 1.57 bits per heavy atom. The minimum atomic E-state index is -0.294. The van der Waals surface area contributed by atoms with E-state index < -0.39 is 0 Å². The zero-order valence-electron chi connectivity index (χ0n) is 14.0. The summed E-state index contributed by atoms with van der Waals surface area (Å²) in [6.45, 7) is 12.9. The van der Waals surface area contributed by atoms with Crippen molar-refractivity contribution in [3.05, 3.63) is 35.4 Å². The zero-order valence-corrected chi connectivity index (χ0v) is 14.0. The number of hydrogen-bond donors (Lipinski definition) is 0. The van der Waals surface area contributed by atoms with Gasteiger partial charge in [-0.1, -0.05) is 44.2 Å². The van der Waals surface area contributed by atoms with Crippen LogP contribution in [0.4, 0.5) is 0 Å². The summed E-state index contributed by atoms with van der Waals surface area (Å²) in [4.78, 5) is 0. The van der Waals surface area contributed by atoms with Crippen LogP contribution < -0.4 is 5.46 Å². The standard InChI is InChI=1S/C18H25BO2/c1-16(2)11-10-14-13(12-16)8-7-9-15(14)19-20-17(3,4)18(5,6)21-19/h7-11H,12H2,1-6H3. The minimum Gasteiger partial charge on any atom is -0.399 e. The van der Waals surface area contributed by atoms with Gasteiger partial charge in [-0.3, -0.25) is 0 Å². The summed E-state index contributed by atoms with van der Waals surface area (Å²) < 4.78 is 12.4. The van der Waals surface area contributed by atoms with Crippen LogP contribution in [0.2, 0.25) is 0 Å². The van der Waals surface area contributed by atoms with E-state index in [1.165, 1.54) is 11.1 Å². The Morgan fingerprint density at radius 1 is 0.952 bits per heavy atom. The fourth-order valence-corrected chi connectivity index (χ4v) is 3.02. The van der Waals surface area contributed by atoms with E-state index in [0.717, 1.165) is 11.9 Å². The Bertz CT molecular complexity index is 583. The molecule has 1 saturated heterocycles. The average Bonchev–Trinajstić information content (AvgIpc) is 2.56. The third kappa shape index (κ3) is 2.47. The van der Waals surface area contributed by atoms with Gasteiger partial charge in [-0.15, -0.1) is 0 Å². The molecular weight excluding hydrogens is 259 g/mol. The summed E-state index contributed by atoms with van der Waals surface area (Å²) in [5, 5.41) is 0. The number of rotatable bonds is 1. The van der Waals surface area contributed by atoms with E-state index in [-0.39, 0.29) is 23.7 Å². The van der Waals surface area contributed by atoms with Crippen LogP contribution in [0.15, 0.2) is 24.3 Å². The largest absolute Gasteiger partial charge is 0.495 e. The highest BCUT2D eigenvalue weighted by Gasteiger charge is 2.52. The Kier molecular flexibility index (Phi) is 3.16. The van der Waals surface area contributed by atoms with Gasteiger partial charge in [0.15, 0.2) is 0 Å². The number of benzene rings is 1. The molecule has 2 nitrogen and oxygen atoms in total. The van der Waals surface area contributed by atoms with Crippen LogP contribution in [0, 0.1) is 5.41 Å². The van der Waals surface area contributed by atoms with Crippen molar-refractivity contribution >= 4 is 18.7 Å². The molecule has 1 heterocycles. The van der Waals surface area contributed by atoms with Crippen molar-refractivity contribution in [1.82, 2.24) is 0 Å². The molecule has 2 aliphatic rings. The lowest BCUT2D eigenvalue weighted by molar-refractivity contribution is 0.00578. The molecule has 3 rings (SSSR count). The lowest BCUT2D eigenvalue weighted by atomic mass is 9.70. The maximum Gasteiger partial charge on any atom is 0.495 e. The van der Waals surface area contributed by atoms with Gasteiger partial charge in [0.2, 0.25) is 0 Å². The van der Waals surface area contributed by atoms with Crippen molar-refractivity contribution in [3.63, 3.8) is 0 Å². The van der Waals surface area contributed by atoms with Crippen molar-refractivity contribution in [2.24, 2.45) is 5.41 Å². The summed E-state index contributed by atoms with van der Waals surface area (Å²) >= 11 is 0. The van der Waals surface area contributed by atoms with E-state index in [2.05, 4.69) is 71.9 Å². The molecule has 0 saturated carbocycles. The van der Waals surface area contributed by atoms with E-state index in [1.807, 2.05) is 0 Å². The fourth-order valence-electron chi connectivity index (χ4n) is 3.02. The summed E-state index contributed by atoms with van der Waals surface area (Å²) in [6.07, 6.45) is 5.59.